The van der Waals surface area contributed by atoms with Gasteiger partial charge in [0.15, 0.2) is 0 Å². The highest BCUT2D eigenvalue weighted by Gasteiger charge is 2.74. The molecule has 0 aromatic heterocycles. The SMILES string of the molecule is CCOC(=O)C1C2(C)C(C)=C(C)C(C)(C2C)C1(C)CCc1c(C)cccc1C. The van der Waals surface area contributed by atoms with E-state index in [4.69, 9.17) is 4.74 Å². The Bertz CT molecular complexity index is 815. The highest BCUT2D eigenvalue weighted by molar-refractivity contribution is 5.78. The number of hydrogen-bond acceptors (Lipinski definition) is 2. The summed E-state index contributed by atoms with van der Waals surface area (Å²) < 4.78 is 5.65. The molecule has 3 rings (SSSR count). The van der Waals surface area contributed by atoms with Crippen LogP contribution in [0.2, 0.25) is 0 Å². The molecule has 0 N–H and O–H groups in total. The van der Waals surface area contributed by atoms with Gasteiger partial charge in [-0.3, -0.25) is 4.79 Å². The van der Waals surface area contributed by atoms with Crippen molar-refractivity contribution in [3.8, 4) is 0 Å². The number of esters is 1. The van der Waals surface area contributed by atoms with E-state index < -0.39 is 0 Å². The third kappa shape index (κ3) is 2.42. The zero-order valence-electron chi connectivity index (χ0n) is 19.3. The van der Waals surface area contributed by atoms with E-state index in [0.717, 1.165) is 12.8 Å². The standard InChI is InChI=1S/C26H38O2/c1-10-28-23(27)22-24(7,15-14-21-16(2)12-11-13-17(21)3)26(9)19(5)18(4)25(22,8)20(26)6/h11-13,20,22H,10,14-15H2,1-9H3. The van der Waals surface area contributed by atoms with Crippen LogP contribution in [0.5, 0.6) is 0 Å². The molecule has 2 aliphatic rings. The van der Waals surface area contributed by atoms with Gasteiger partial charge in [-0.2, -0.15) is 0 Å². The summed E-state index contributed by atoms with van der Waals surface area (Å²) in [5, 5.41) is 0. The van der Waals surface area contributed by atoms with Crippen LogP contribution in [-0.2, 0) is 16.0 Å². The van der Waals surface area contributed by atoms with Crippen molar-refractivity contribution in [3.63, 3.8) is 0 Å². The maximum absolute atomic E-state index is 13.3. The Morgan fingerprint density at radius 3 is 2.14 bits per heavy atom. The van der Waals surface area contributed by atoms with E-state index >= 15 is 0 Å². The van der Waals surface area contributed by atoms with Crippen LogP contribution in [0.3, 0.4) is 0 Å². The molecule has 1 saturated carbocycles. The summed E-state index contributed by atoms with van der Waals surface area (Å²) in [6.45, 7) is 20.8. The molecule has 5 atom stereocenters. The second kappa shape index (κ2) is 6.75. The molecule has 0 heterocycles. The molecule has 0 saturated heterocycles. The Balaban J connectivity index is 2.09. The number of carbonyl (C=O) groups excluding carboxylic acids is 1. The number of rotatable bonds is 5. The molecule has 2 aliphatic carbocycles. The summed E-state index contributed by atoms with van der Waals surface area (Å²) >= 11 is 0. The highest BCUT2D eigenvalue weighted by Crippen LogP contribution is 2.78. The summed E-state index contributed by atoms with van der Waals surface area (Å²) in [5.41, 5.74) is 6.82. The predicted octanol–water partition coefficient (Wildman–Crippen LogP) is 6.43. The number of benzene rings is 1. The molecule has 1 aromatic rings. The van der Waals surface area contributed by atoms with E-state index in [0.29, 0.717) is 12.5 Å². The number of allylic oxidation sites excluding steroid dienone is 2. The highest BCUT2D eigenvalue weighted by atomic mass is 16.5. The Kier molecular flexibility index (Phi) is 5.10. The normalized spacial score (nSPS) is 36.9. The fourth-order valence-corrected chi connectivity index (χ4v) is 7.16. The molecule has 0 spiro atoms. The van der Waals surface area contributed by atoms with Crippen molar-refractivity contribution in [1.29, 1.82) is 0 Å². The molecule has 154 valence electrons. The average Bonchev–Trinajstić information content (AvgIpc) is 2.85. The van der Waals surface area contributed by atoms with Gasteiger partial charge in [0.1, 0.15) is 0 Å². The molecule has 2 bridgehead atoms. The molecular formula is C26H38O2. The quantitative estimate of drug-likeness (QED) is 0.433. The van der Waals surface area contributed by atoms with Crippen molar-refractivity contribution in [2.24, 2.45) is 28.1 Å². The van der Waals surface area contributed by atoms with E-state index in [1.54, 1.807) is 0 Å². The van der Waals surface area contributed by atoms with Gasteiger partial charge in [-0.1, -0.05) is 57.0 Å². The minimum absolute atomic E-state index is 0.00331. The monoisotopic (exact) mass is 382 g/mol. The summed E-state index contributed by atoms with van der Waals surface area (Å²) in [6.07, 6.45) is 2.01. The summed E-state index contributed by atoms with van der Waals surface area (Å²) in [5.74, 6) is 0.335. The molecule has 0 radical (unpaired) electrons. The zero-order valence-corrected chi connectivity index (χ0v) is 19.3. The topological polar surface area (TPSA) is 26.3 Å². The largest absolute Gasteiger partial charge is 0.466 e. The first-order valence-corrected chi connectivity index (χ1v) is 10.9. The fraction of sp³-hybridized carbons (Fsp3) is 0.654. The van der Waals surface area contributed by atoms with Crippen molar-refractivity contribution < 1.29 is 9.53 Å². The van der Waals surface area contributed by atoms with Crippen molar-refractivity contribution in [2.45, 2.75) is 75.2 Å². The molecular weight excluding hydrogens is 344 g/mol. The smallest absolute Gasteiger partial charge is 0.310 e. The minimum Gasteiger partial charge on any atom is -0.466 e. The van der Waals surface area contributed by atoms with Crippen LogP contribution >= 0.6 is 0 Å². The van der Waals surface area contributed by atoms with Crippen molar-refractivity contribution in [1.82, 2.24) is 0 Å². The number of hydrogen-bond donors (Lipinski definition) is 0. The predicted molar refractivity (Wildman–Crippen MR) is 116 cm³/mol. The van der Waals surface area contributed by atoms with Crippen LogP contribution in [-0.4, -0.2) is 12.6 Å². The molecule has 28 heavy (non-hydrogen) atoms. The van der Waals surface area contributed by atoms with Gasteiger partial charge in [0, 0.05) is 5.41 Å². The lowest BCUT2D eigenvalue weighted by Gasteiger charge is -2.49. The lowest BCUT2D eigenvalue weighted by molar-refractivity contribution is -0.157. The van der Waals surface area contributed by atoms with Crippen LogP contribution < -0.4 is 0 Å². The number of fused-ring (bicyclic) bond motifs is 2. The van der Waals surface area contributed by atoms with E-state index in [9.17, 15) is 4.79 Å². The average molecular weight is 383 g/mol. The van der Waals surface area contributed by atoms with E-state index in [2.05, 4.69) is 73.6 Å². The summed E-state index contributed by atoms with van der Waals surface area (Å²) in [4.78, 5) is 13.3. The molecule has 1 fully saturated rings. The molecule has 1 aromatic carbocycles. The first-order valence-electron chi connectivity index (χ1n) is 10.9. The summed E-state index contributed by atoms with van der Waals surface area (Å²) in [7, 11) is 0. The number of aryl methyl sites for hydroxylation is 2. The first-order chi connectivity index (χ1) is 13.0. The third-order valence-electron chi connectivity index (χ3n) is 9.40. The fourth-order valence-electron chi connectivity index (χ4n) is 7.16. The summed E-state index contributed by atoms with van der Waals surface area (Å²) in [6, 6.07) is 6.54. The molecule has 5 unspecified atom stereocenters. The second-order valence-electron chi connectivity index (χ2n) is 9.93. The number of carbonyl (C=O) groups is 1. The van der Waals surface area contributed by atoms with E-state index in [1.807, 2.05) is 6.92 Å². The third-order valence-corrected chi connectivity index (χ3v) is 9.40. The van der Waals surface area contributed by atoms with Gasteiger partial charge in [-0.15, -0.1) is 0 Å². The Labute approximate surface area is 171 Å². The zero-order chi connectivity index (χ0) is 21.1. The van der Waals surface area contributed by atoms with E-state index in [-0.39, 0.29) is 28.1 Å². The Hall–Kier alpha value is -1.57. The first kappa shape index (κ1) is 21.1. The lowest BCUT2D eigenvalue weighted by Crippen LogP contribution is -2.47. The minimum atomic E-state index is -0.124. The van der Waals surface area contributed by atoms with Crippen molar-refractivity contribution >= 4 is 5.97 Å². The van der Waals surface area contributed by atoms with Crippen LogP contribution in [0.15, 0.2) is 29.3 Å². The maximum atomic E-state index is 13.3. The second-order valence-corrected chi connectivity index (χ2v) is 9.93. The lowest BCUT2D eigenvalue weighted by atomic mass is 9.54. The van der Waals surface area contributed by atoms with Crippen LogP contribution in [0.1, 0.15) is 71.6 Å². The van der Waals surface area contributed by atoms with Crippen LogP contribution in [0.4, 0.5) is 0 Å². The van der Waals surface area contributed by atoms with Crippen molar-refractivity contribution in [3.05, 3.63) is 46.0 Å². The molecule has 0 amide bonds. The molecule has 0 aliphatic heterocycles. The van der Waals surface area contributed by atoms with Crippen molar-refractivity contribution in [2.75, 3.05) is 6.61 Å². The van der Waals surface area contributed by atoms with Gasteiger partial charge in [-0.05, 0) is 80.9 Å². The Morgan fingerprint density at radius 2 is 1.61 bits per heavy atom. The van der Waals surface area contributed by atoms with Gasteiger partial charge < -0.3 is 4.74 Å². The van der Waals surface area contributed by atoms with Crippen LogP contribution in [0.25, 0.3) is 0 Å². The van der Waals surface area contributed by atoms with Gasteiger partial charge >= 0.3 is 5.97 Å². The van der Waals surface area contributed by atoms with Gasteiger partial charge in [0.25, 0.3) is 0 Å². The van der Waals surface area contributed by atoms with Gasteiger partial charge in [0.2, 0.25) is 0 Å². The van der Waals surface area contributed by atoms with E-state index in [1.165, 1.54) is 27.8 Å². The van der Waals surface area contributed by atoms with Gasteiger partial charge in [-0.25, -0.2) is 0 Å². The number of ether oxygens (including phenoxy) is 1. The Morgan fingerprint density at radius 1 is 1.04 bits per heavy atom. The maximum Gasteiger partial charge on any atom is 0.310 e. The molecule has 2 heteroatoms. The van der Waals surface area contributed by atoms with Crippen LogP contribution in [0, 0.1) is 41.9 Å². The molecule has 2 nitrogen and oxygen atoms in total. The van der Waals surface area contributed by atoms with Gasteiger partial charge in [0.05, 0.1) is 12.5 Å².